The van der Waals surface area contributed by atoms with Gasteiger partial charge in [-0.05, 0) is 19.1 Å². The molecule has 0 saturated carbocycles. The molecule has 1 aliphatic rings. The van der Waals surface area contributed by atoms with Crippen LogP contribution in [-0.2, 0) is 11.0 Å². The van der Waals surface area contributed by atoms with Gasteiger partial charge < -0.3 is 25.8 Å². The van der Waals surface area contributed by atoms with Crippen LogP contribution >= 0.6 is 0 Å². The topological polar surface area (TPSA) is 148 Å². The molecule has 4 N–H and O–H groups in total. The lowest BCUT2D eigenvalue weighted by Crippen LogP contribution is -2.56. The molecule has 1 fully saturated rings. The van der Waals surface area contributed by atoms with E-state index >= 15 is 0 Å². The van der Waals surface area contributed by atoms with Crippen molar-refractivity contribution in [1.82, 2.24) is 29.8 Å². The molecular formula is C22H20F7N7O4. The van der Waals surface area contributed by atoms with E-state index in [9.17, 15) is 45.4 Å². The molecule has 2 amide bonds. The summed E-state index contributed by atoms with van der Waals surface area (Å²) in [6, 6.07) is 0.170. The van der Waals surface area contributed by atoms with Crippen LogP contribution in [0.5, 0.6) is 5.88 Å². The Labute approximate surface area is 221 Å². The van der Waals surface area contributed by atoms with E-state index < -0.39 is 90.5 Å². The maximum absolute atomic E-state index is 14.7. The van der Waals surface area contributed by atoms with Crippen molar-refractivity contribution in [3.8, 4) is 17.1 Å². The molecule has 3 atom stereocenters. The number of aliphatic hydroxyl groups is 1. The molecule has 1 saturated heterocycles. The summed E-state index contributed by atoms with van der Waals surface area (Å²) in [6.45, 7) is -1.40. The molecule has 11 nitrogen and oxygen atoms in total. The van der Waals surface area contributed by atoms with E-state index in [2.05, 4.69) is 20.4 Å². The molecule has 4 rings (SSSR count). The third-order valence-electron chi connectivity index (χ3n) is 6.24. The molecule has 0 aromatic carbocycles. The highest BCUT2D eigenvalue weighted by Crippen LogP contribution is 2.39. The van der Waals surface area contributed by atoms with Crippen LogP contribution in [0, 0.1) is 0 Å². The average Bonchev–Trinajstić information content (AvgIpc) is 3.45. The van der Waals surface area contributed by atoms with E-state index in [0.29, 0.717) is 11.0 Å². The summed E-state index contributed by atoms with van der Waals surface area (Å²) in [5.41, 5.74) is -0.734. The largest absolute Gasteiger partial charge is 0.480 e. The number of ether oxygens (including phenoxy) is 1. The normalized spacial score (nSPS) is 19.8. The number of nitrogen functional groups attached to an aromatic ring is 1. The average molecular weight is 580 g/mol. The highest BCUT2D eigenvalue weighted by atomic mass is 19.4. The van der Waals surface area contributed by atoms with E-state index in [1.807, 2.05) is 0 Å². The Bertz CT molecular complexity index is 1500. The number of pyridine rings is 1. The second-order valence-corrected chi connectivity index (χ2v) is 8.94. The Morgan fingerprint density at radius 1 is 1.20 bits per heavy atom. The molecule has 0 bridgehead atoms. The zero-order chi connectivity index (χ0) is 30.5. The molecule has 3 aromatic rings. The maximum Gasteiger partial charge on any atom is 0.426 e. The van der Waals surface area contributed by atoms with E-state index in [4.69, 9.17) is 11.8 Å². The molecule has 0 spiro atoms. The number of carbonyl (C=O) groups is 2. The number of anilines is 1. The van der Waals surface area contributed by atoms with Gasteiger partial charge in [-0.3, -0.25) is 9.59 Å². The van der Waals surface area contributed by atoms with Crippen molar-refractivity contribution in [2.24, 2.45) is 0 Å². The second kappa shape index (κ2) is 9.76. The van der Waals surface area contributed by atoms with Crippen LogP contribution in [-0.4, -0.2) is 85.6 Å². The fourth-order valence-electron chi connectivity index (χ4n) is 4.10. The third-order valence-corrected chi connectivity index (χ3v) is 6.24. The Balaban J connectivity index is 1.67. The van der Waals surface area contributed by atoms with Crippen molar-refractivity contribution >= 4 is 23.1 Å². The van der Waals surface area contributed by atoms with Crippen LogP contribution < -0.4 is 15.8 Å². The molecule has 3 aromatic heterocycles. The number of hydrogen-bond donors (Lipinski definition) is 3. The van der Waals surface area contributed by atoms with Crippen LogP contribution in [0.25, 0.3) is 16.8 Å². The fourth-order valence-corrected chi connectivity index (χ4v) is 4.10. The first-order valence-corrected chi connectivity index (χ1v) is 11.1. The predicted octanol–water partition coefficient (Wildman–Crippen LogP) is 1.99. The van der Waals surface area contributed by atoms with Gasteiger partial charge in [0.25, 0.3) is 11.8 Å². The van der Waals surface area contributed by atoms with Gasteiger partial charge >= 0.3 is 12.4 Å². The Kier molecular flexibility index (Phi) is 6.67. The number of likely N-dealkylation sites (tertiary alicyclic amines) is 1. The van der Waals surface area contributed by atoms with Crippen LogP contribution in [0.2, 0.25) is 0 Å². The fraction of sp³-hybridized carbons (Fsp3) is 0.409. The van der Waals surface area contributed by atoms with Crippen molar-refractivity contribution in [1.29, 1.82) is 0 Å². The number of hydrogen-bond acceptors (Lipinski definition) is 8. The summed E-state index contributed by atoms with van der Waals surface area (Å²) in [4.78, 5) is 33.2. The molecule has 0 aliphatic carbocycles. The highest BCUT2D eigenvalue weighted by molar-refractivity contribution is 5.98. The number of alkyl halides is 7. The van der Waals surface area contributed by atoms with Gasteiger partial charge in [-0.2, -0.15) is 31.4 Å². The number of methoxy groups -OCH3 is 1. The zero-order valence-electron chi connectivity index (χ0n) is 21.2. The number of nitrogens with one attached hydrogen (secondary N) is 1. The van der Waals surface area contributed by atoms with Crippen molar-refractivity contribution in [3.63, 3.8) is 0 Å². The number of nitrogens with two attached hydrogens (primary N) is 1. The zero-order valence-corrected chi connectivity index (χ0v) is 20.2. The standard InChI is InChI=1S/C22H20F7N7O4/c1-20(39,22(27,28)29)19(38)35-6-12(23)13(7-35)34-17(37)10-3-9(5-31-18(10)40-2)14-4-11(21(24,25)26)15-16(30)32-8-33-36(14)15/h3-5,8,12-13,39H,6-7H2,1-2H3,(H,34,37)(H2,30,32,33)/t12-,13+,20?/m0/s1/i2D. The third kappa shape index (κ3) is 4.93. The first-order chi connectivity index (χ1) is 19.0. The first kappa shape index (κ1) is 27.4. The number of fused-ring (bicyclic) bond motifs is 1. The molecular weight excluding hydrogens is 559 g/mol. The monoisotopic (exact) mass is 580 g/mol. The quantitative estimate of drug-likeness (QED) is 0.389. The number of halogens is 7. The van der Waals surface area contributed by atoms with Gasteiger partial charge in [0, 0.05) is 18.3 Å². The number of amides is 2. The van der Waals surface area contributed by atoms with Crippen LogP contribution in [0.15, 0.2) is 24.7 Å². The number of nitrogens with zero attached hydrogens (tertiary/aromatic N) is 5. The molecule has 1 unspecified atom stereocenters. The summed E-state index contributed by atoms with van der Waals surface area (Å²) in [6.07, 6.45) is -10.4. The van der Waals surface area contributed by atoms with Crippen molar-refractivity contribution < 1.29 is 51.5 Å². The summed E-state index contributed by atoms with van der Waals surface area (Å²) < 4.78 is 108. The van der Waals surface area contributed by atoms with Crippen LogP contribution in [0.1, 0.15) is 24.2 Å². The number of aromatic nitrogens is 4. The molecule has 0 radical (unpaired) electrons. The van der Waals surface area contributed by atoms with Gasteiger partial charge in [0.2, 0.25) is 11.5 Å². The lowest BCUT2D eigenvalue weighted by molar-refractivity contribution is -0.249. The minimum Gasteiger partial charge on any atom is -0.480 e. The van der Waals surface area contributed by atoms with Crippen molar-refractivity contribution in [2.45, 2.75) is 37.1 Å². The van der Waals surface area contributed by atoms with E-state index in [1.165, 1.54) is 0 Å². The van der Waals surface area contributed by atoms with Gasteiger partial charge in [0.15, 0.2) is 5.82 Å². The number of carbonyl (C=O) groups excluding carboxylic acids is 2. The van der Waals surface area contributed by atoms with Crippen molar-refractivity contribution in [3.05, 3.63) is 35.8 Å². The Morgan fingerprint density at radius 2 is 1.90 bits per heavy atom. The van der Waals surface area contributed by atoms with Gasteiger partial charge in [-0.25, -0.2) is 18.9 Å². The SMILES string of the molecule is [2H]COc1ncc(-c2cc(C(F)(F)F)c3c(N)ncnn23)cc1C(=O)N[C@@H]1CN(C(=O)C(C)(O)C(F)(F)F)C[C@@H]1F. The first-order valence-electron chi connectivity index (χ1n) is 11.8. The van der Waals surface area contributed by atoms with E-state index in [0.717, 1.165) is 23.1 Å². The second-order valence-electron chi connectivity index (χ2n) is 8.94. The predicted molar refractivity (Wildman–Crippen MR) is 122 cm³/mol. The van der Waals surface area contributed by atoms with Gasteiger partial charge in [-0.15, -0.1) is 0 Å². The maximum atomic E-state index is 14.7. The Hall–Kier alpha value is -4.22. The lowest BCUT2D eigenvalue weighted by atomic mass is 10.1. The van der Waals surface area contributed by atoms with Gasteiger partial charge in [0.05, 0.1) is 32.3 Å². The van der Waals surface area contributed by atoms with E-state index in [-0.39, 0.29) is 18.2 Å². The summed E-state index contributed by atoms with van der Waals surface area (Å²) in [5, 5.41) is 15.6. The highest BCUT2D eigenvalue weighted by Gasteiger charge is 2.58. The molecule has 216 valence electrons. The van der Waals surface area contributed by atoms with Crippen molar-refractivity contribution in [2.75, 3.05) is 25.9 Å². The minimum absolute atomic E-state index is 0.114. The number of rotatable bonds is 5. The Morgan fingerprint density at radius 3 is 2.52 bits per heavy atom. The minimum atomic E-state index is -5.35. The summed E-state index contributed by atoms with van der Waals surface area (Å²) in [7, 11) is -0.743. The molecule has 1 aliphatic heterocycles. The smallest absolute Gasteiger partial charge is 0.426 e. The summed E-state index contributed by atoms with van der Waals surface area (Å²) >= 11 is 0. The van der Waals surface area contributed by atoms with Crippen LogP contribution in [0.4, 0.5) is 36.6 Å². The summed E-state index contributed by atoms with van der Waals surface area (Å²) in [5.74, 6) is -3.90. The lowest BCUT2D eigenvalue weighted by Gasteiger charge is -2.29. The van der Waals surface area contributed by atoms with Gasteiger partial charge in [-0.1, -0.05) is 0 Å². The molecule has 4 heterocycles. The van der Waals surface area contributed by atoms with E-state index in [1.54, 1.807) is 0 Å². The van der Waals surface area contributed by atoms with Gasteiger partial charge in [0.1, 0.15) is 23.6 Å². The molecule has 40 heavy (non-hydrogen) atoms. The van der Waals surface area contributed by atoms with Crippen LogP contribution in [0.3, 0.4) is 0 Å². The molecule has 18 heteroatoms.